The lowest BCUT2D eigenvalue weighted by atomic mass is 10.3. The fourth-order valence-electron chi connectivity index (χ4n) is 2.23. The minimum absolute atomic E-state index is 0. The van der Waals surface area contributed by atoms with Gasteiger partial charge in [0, 0.05) is 26.3 Å². The monoisotopic (exact) mass is 319 g/mol. The van der Waals surface area contributed by atoms with Crippen LogP contribution >= 0.6 is 0 Å². The maximum atomic E-state index is 7.94. The molecule has 0 saturated heterocycles. The lowest BCUT2D eigenvalue weighted by molar-refractivity contribution is 0.285. The van der Waals surface area contributed by atoms with Gasteiger partial charge in [0.1, 0.15) is 5.70 Å². The number of aromatic nitrogens is 4. The zero-order valence-corrected chi connectivity index (χ0v) is 14.0. The predicted molar refractivity (Wildman–Crippen MR) is 92.3 cm³/mol. The number of hydrogen-bond donors (Lipinski definition) is 3. The zero-order chi connectivity index (χ0) is 17.0. The summed E-state index contributed by atoms with van der Waals surface area (Å²) in [6.07, 6.45) is 2.46. The van der Waals surface area contributed by atoms with Crippen molar-refractivity contribution in [2.75, 3.05) is 11.9 Å². The first-order valence-corrected chi connectivity index (χ1v) is 7.71. The molecule has 0 aromatic carbocycles. The Labute approximate surface area is 136 Å². The molecule has 2 aromatic heterocycles. The molecule has 1 aliphatic heterocycles. The molecule has 1 aliphatic rings. The highest BCUT2D eigenvalue weighted by atomic mass is 16.5. The SMILES string of the molecule is C/C(N)=C1\Nc2ncc3c(C)nn(c3n2)CCCOC1=N.CC.[HH]. The van der Waals surface area contributed by atoms with Crippen LogP contribution in [-0.2, 0) is 11.3 Å². The molecule has 8 nitrogen and oxygen atoms in total. The molecule has 0 fully saturated rings. The molecule has 0 unspecified atom stereocenters. The Hall–Kier alpha value is -2.64. The summed E-state index contributed by atoms with van der Waals surface area (Å²) in [6.45, 7) is 8.73. The molecule has 23 heavy (non-hydrogen) atoms. The van der Waals surface area contributed by atoms with E-state index >= 15 is 0 Å². The third-order valence-corrected chi connectivity index (χ3v) is 3.29. The smallest absolute Gasteiger partial charge is 0.232 e. The first-order chi connectivity index (χ1) is 11.1. The largest absolute Gasteiger partial charge is 0.476 e. The summed E-state index contributed by atoms with van der Waals surface area (Å²) in [5, 5.41) is 16.3. The van der Waals surface area contributed by atoms with Gasteiger partial charge >= 0.3 is 0 Å². The van der Waals surface area contributed by atoms with Gasteiger partial charge in [0.2, 0.25) is 11.8 Å². The van der Waals surface area contributed by atoms with Crippen molar-refractivity contribution < 1.29 is 6.16 Å². The average Bonchev–Trinajstić information content (AvgIpc) is 2.85. The summed E-state index contributed by atoms with van der Waals surface area (Å²) in [5.74, 6) is 0.369. The van der Waals surface area contributed by atoms with E-state index < -0.39 is 0 Å². The van der Waals surface area contributed by atoms with E-state index in [9.17, 15) is 0 Å². The Morgan fingerprint density at radius 3 is 2.91 bits per heavy atom. The molecule has 4 N–H and O–H groups in total. The summed E-state index contributed by atoms with van der Waals surface area (Å²) in [6, 6.07) is 0. The normalized spacial score (nSPS) is 16.8. The first-order valence-electron chi connectivity index (χ1n) is 7.71. The Morgan fingerprint density at radius 2 is 2.22 bits per heavy atom. The number of allylic oxidation sites excluding steroid dienone is 1. The van der Waals surface area contributed by atoms with Crippen LogP contribution in [0.4, 0.5) is 5.95 Å². The van der Waals surface area contributed by atoms with Crippen LogP contribution in [0, 0.1) is 12.3 Å². The van der Waals surface area contributed by atoms with E-state index in [1.807, 2.05) is 25.5 Å². The first kappa shape index (κ1) is 16.7. The highest BCUT2D eigenvalue weighted by Gasteiger charge is 2.16. The molecule has 0 amide bonds. The third kappa shape index (κ3) is 3.41. The molecule has 0 atom stereocenters. The Bertz CT molecular complexity index is 750. The number of nitrogens with one attached hydrogen (secondary N) is 2. The van der Waals surface area contributed by atoms with Gasteiger partial charge in [-0.1, -0.05) is 13.8 Å². The van der Waals surface area contributed by atoms with Gasteiger partial charge in [0.15, 0.2) is 5.65 Å². The van der Waals surface area contributed by atoms with Crippen molar-refractivity contribution >= 4 is 22.9 Å². The van der Waals surface area contributed by atoms with E-state index in [1.165, 1.54) is 0 Å². The number of nitrogens with two attached hydrogens (primary N) is 1. The molecule has 3 rings (SSSR count). The van der Waals surface area contributed by atoms with Crippen molar-refractivity contribution in [3.63, 3.8) is 0 Å². The van der Waals surface area contributed by atoms with Gasteiger partial charge < -0.3 is 15.8 Å². The Morgan fingerprint density at radius 1 is 1.48 bits per heavy atom. The van der Waals surface area contributed by atoms with Crippen LogP contribution in [0.5, 0.6) is 0 Å². The van der Waals surface area contributed by atoms with E-state index in [4.69, 9.17) is 15.9 Å². The fourth-order valence-corrected chi connectivity index (χ4v) is 2.23. The van der Waals surface area contributed by atoms with Gasteiger partial charge in [0.05, 0.1) is 17.7 Å². The summed E-state index contributed by atoms with van der Waals surface area (Å²) >= 11 is 0. The van der Waals surface area contributed by atoms with Crippen LogP contribution in [0.2, 0.25) is 0 Å². The van der Waals surface area contributed by atoms with Gasteiger partial charge in [-0.05, 0) is 13.8 Å². The van der Waals surface area contributed by atoms with Gasteiger partial charge in [0.25, 0.3) is 0 Å². The number of ether oxygens (including phenoxy) is 1. The molecule has 0 saturated carbocycles. The lowest BCUT2D eigenvalue weighted by Gasteiger charge is -2.12. The Kier molecular flexibility index (Phi) is 5.15. The molecule has 2 aromatic rings. The summed E-state index contributed by atoms with van der Waals surface area (Å²) in [7, 11) is 0. The summed E-state index contributed by atoms with van der Waals surface area (Å²) in [4.78, 5) is 8.74. The second-order valence-electron chi connectivity index (χ2n) is 4.95. The van der Waals surface area contributed by atoms with Crippen molar-refractivity contribution in [2.45, 2.75) is 40.7 Å². The van der Waals surface area contributed by atoms with Crippen LogP contribution in [0.3, 0.4) is 0 Å². The third-order valence-electron chi connectivity index (χ3n) is 3.29. The van der Waals surface area contributed by atoms with Gasteiger partial charge in [-0.3, -0.25) is 5.41 Å². The molecule has 0 radical (unpaired) electrons. The molecule has 126 valence electrons. The number of nitrogens with zero attached hydrogens (tertiary/aromatic N) is 4. The maximum Gasteiger partial charge on any atom is 0.232 e. The number of hydrogen-bond acceptors (Lipinski definition) is 7. The molecule has 8 heteroatoms. The van der Waals surface area contributed by atoms with Gasteiger partial charge in [-0.15, -0.1) is 0 Å². The van der Waals surface area contributed by atoms with Crippen LogP contribution in [0.15, 0.2) is 17.6 Å². The van der Waals surface area contributed by atoms with Crippen LogP contribution in [-0.4, -0.2) is 32.3 Å². The second-order valence-corrected chi connectivity index (χ2v) is 4.95. The van der Waals surface area contributed by atoms with Crippen molar-refractivity contribution in [3.8, 4) is 0 Å². The number of aryl methyl sites for hydroxylation is 2. The number of fused-ring (bicyclic) bond motifs is 1. The molecular weight excluding hydrogens is 294 g/mol. The van der Waals surface area contributed by atoms with Crippen LogP contribution < -0.4 is 11.1 Å². The summed E-state index contributed by atoms with van der Waals surface area (Å²) < 4.78 is 7.26. The van der Waals surface area contributed by atoms with E-state index in [-0.39, 0.29) is 7.32 Å². The minimum atomic E-state index is -0.00517. The lowest BCUT2D eigenvalue weighted by Crippen LogP contribution is -2.20. The minimum Gasteiger partial charge on any atom is -0.476 e. The molecule has 2 bridgehead atoms. The fraction of sp³-hybridized carbons (Fsp3) is 0.467. The standard InChI is InChI=1S/C13H17N7O.C2H6.H2/c1-7(14)10-11(15)21-5-3-4-20-12-9(8(2)19-20)6-16-13(17-10)18-12;1-2;/h6,15H,3-5,14H2,1-2H3,(H,16,17,18);1-2H3;1H/b10-7+,15-11?;;. The molecule has 0 spiro atoms. The van der Waals surface area contributed by atoms with E-state index in [1.54, 1.807) is 13.1 Å². The highest BCUT2D eigenvalue weighted by Crippen LogP contribution is 2.19. The Balaban J connectivity index is 0.000000925. The molecule has 0 aliphatic carbocycles. The quantitative estimate of drug-likeness (QED) is 0.687. The van der Waals surface area contributed by atoms with E-state index in [0.29, 0.717) is 30.5 Å². The highest BCUT2D eigenvalue weighted by molar-refractivity contribution is 5.94. The second kappa shape index (κ2) is 7.08. The van der Waals surface area contributed by atoms with E-state index in [2.05, 4.69) is 20.4 Å². The molecular formula is C15H25N7O. The molecule has 3 heterocycles. The van der Waals surface area contributed by atoms with Crippen LogP contribution in [0.1, 0.15) is 34.3 Å². The van der Waals surface area contributed by atoms with Crippen molar-refractivity contribution in [3.05, 3.63) is 23.3 Å². The predicted octanol–water partition coefficient (Wildman–Crippen LogP) is 2.41. The van der Waals surface area contributed by atoms with Crippen molar-refractivity contribution in [1.29, 1.82) is 5.41 Å². The topological polar surface area (TPSA) is 115 Å². The summed E-state index contributed by atoms with van der Waals surface area (Å²) in [5.41, 5.74) is 8.32. The number of rotatable bonds is 0. The number of anilines is 1. The zero-order valence-electron chi connectivity index (χ0n) is 14.0. The van der Waals surface area contributed by atoms with E-state index in [0.717, 1.165) is 23.1 Å². The van der Waals surface area contributed by atoms with Crippen molar-refractivity contribution in [2.24, 2.45) is 5.73 Å². The van der Waals surface area contributed by atoms with Gasteiger partial charge in [-0.25, -0.2) is 9.67 Å². The van der Waals surface area contributed by atoms with Crippen LogP contribution in [0.25, 0.3) is 11.0 Å². The van der Waals surface area contributed by atoms with Gasteiger partial charge in [-0.2, -0.15) is 10.1 Å². The maximum absolute atomic E-state index is 7.94. The average molecular weight is 319 g/mol. The van der Waals surface area contributed by atoms with Crippen molar-refractivity contribution in [1.82, 2.24) is 19.7 Å².